The molecule has 0 aromatic heterocycles. The van der Waals surface area contributed by atoms with Crippen LogP contribution in [-0.2, 0) is 9.53 Å². The van der Waals surface area contributed by atoms with E-state index in [0.29, 0.717) is 5.69 Å². The zero-order chi connectivity index (χ0) is 14.5. The second-order valence-corrected chi connectivity index (χ2v) is 4.96. The molecule has 3 nitrogen and oxygen atoms in total. The van der Waals surface area contributed by atoms with Gasteiger partial charge in [-0.2, -0.15) is 0 Å². The van der Waals surface area contributed by atoms with Crippen molar-refractivity contribution in [1.82, 2.24) is 0 Å². The number of hydrogen-bond acceptors (Lipinski definition) is 3. The molecule has 0 radical (unpaired) electrons. The molecular weight excluding hydrogens is 325 g/mol. The Labute approximate surface area is 124 Å². The minimum atomic E-state index is -0.903. The Morgan fingerprint density at radius 2 is 1.85 bits per heavy atom. The largest absolute Gasteiger partial charge is 0.467 e. The SMILES string of the molecule is COC(=O)C(Nc1ccccc1Br)c1ccccc1F. The van der Waals surface area contributed by atoms with Crippen LogP contribution in [-0.4, -0.2) is 13.1 Å². The number of ether oxygens (including phenoxy) is 1. The molecule has 1 unspecified atom stereocenters. The maximum absolute atomic E-state index is 13.9. The van der Waals surface area contributed by atoms with Crippen LogP contribution in [0.2, 0.25) is 0 Å². The highest BCUT2D eigenvalue weighted by Gasteiger charge is 2.24. The summed E-state index contributed by atoms with van der Waals surface area (Å²) >= 11 is 3.38. The number of benzene rings is 2. The van der Waals surface area contributed by atoms with Gasteiger partial charge in [0, 0.05) is 15.7 Å². The third-order valence-electron chi connectivity index (χ3n) is 2.83. The van der Waals surface area contributed by atoms with E-state index in [1.165, 1.54) is 13.2 Å². The molecule has 2 aromatic carbocycles. The van der Waals surface area contributed by atoms with Crippen LogP contribution in [0.5, 0.6) is 0 Å². The average Bonchev–Trinajstić information content (AvgIpc) is 2.47. The Kier molecular flexibility index (Phi) is 4.74. The van der Waals surface area contributed by atoms with Gasteiger partial charge in [0.2, 0.25) is 0 Å². The van der Waals surface area contributed by atoms with Gasteiger partial charge in [-0.05, 0) is 34.1 Å². The summed E-state index contributed by atoms with van der Waals surface area (Å²) in [6, 6.07) is 12.5. The fourth-order valence-corrected chi connectivity index (χ4v) is 2.22. The second-order valence-electron chi connectivity index (χ2n) is 4.10. The van der Waals surface area contributed by atoms with Gasteiger partial charge in [-0.15, -0.1) is 0 Å². The highest BCUT2D eigenvalue weighted by atomic mass is 79.9. The lowest BCUT2D eigenvalue weighted by Gasteiger charge is -2.19. The third-order valence-corrected chi connectivity index (χ3v) is 3.52. The first-order valence-corrected chi connectivity index (χ1v) is 6.76. The number of anilines is 1. The molecule has 0 aliphatic heterocycles. The summed E-state index contributed by atoms with van der Waals surface area (Å²) in [6.07, 6.45) is 0. The first kappa shape index (κ1) is 14.5. The zero-order valence-electron chi connectivity index (χ0n) is 10.8. The van der Waals surface area contributed by atoms with Crippen LogP contribution in [0.15, 0.2) is 53.0 Å². The summed E-state index contributed by atoms with van der Waals surface area (Å²) in [6.45, 7) is 0. The topological polar surface area (TPSA) is 38.3 Å². The fourth-order valence-electron chi connectivity index (χ4n) is 1.82. The summed E-state index contributed by atoms with van der Waals surface area (Å²) in [4.78, 5) is 11.9. The number of methoxy groups -OCH3 is 1. The van der Waals surface area contributed by atoms with Crippen LogP contribution in [0.25, 0.3) is 0 Å². The Balaban J connectivity index is 2.37. The number of hydrogen-bond donors (Lipinski definition) is 1. The Bertz CT molecular complexity index is 618. The van der Waals surface area contributed by atoms with Crippen molar-refractivity contribution in [2.75, 3.05) is 12.4 Å². The first-order valence-electron chi connectivity index (χ1n) is 5.97. The molecule has 0 bridgehead atoms. The van der Waals surface area contributed by atoms with Crippen molar-refractivity contribution in [2.45, 2.75) is 6.04 Å². The normalized spacial score (nSPS) is 11.8. The molecular formula is C15H13BrFNO2. The van der Waals surface area contributed by atoms with Gasteiger partial charge in [-0.25, -0.2) is 9.18 Å². The molecule has 0 aliphatic rings. The molecule has 0 saturated carbocycles. The Morgan fingerprint density at radius 1 is 1.20 bits per heavy atom. The van der Waals surface area contributed by atoms with Gasteiger partial charge in [0.05, 0.1) is 7.11 Å². The van der Waals surface area contributed by atoms with E-state index < -0.39 is 17.8 Å². The number of nitrogens with one attached hydrogen (secondary N) is 1. The predicted molar refractivity (Wildman–Crippen MR) is 78.9 cm³/mol. The summed E-state index contributed by atoms with van der Waals surface area (Å²) < 4.78 is 19.4. The van der Waals surface area contributed by atoms with E-state index in [4.69, 9.17) is 4.74 Å². The summed E-state index contributed by atoms with van der Waals surface area (Å²) in [5.41, 5.74) is 0.932. The maximum Gasteiger partial charge on any atom is 0.333 e. The lowest BCUT2D eigenvalue weighted by atomic mass is 10.1. The molecule has 5 heteroatoms. The van der Waals surface area contributed by atoms with Crippen molar-refractivity contribution in [3.05, 3.63) is 64.4 Å². The third kappa shape index (κ3) is 3.17. The van der Waals surface area contributed by atoms with Gasteiger partial charge in [-0.1, -0.05) is 30.3 Å². The molecule has 0 saturated heterocycles. The van der Waals surface area contributed by atoms with Crippen LogP contribution < -0.4 is 5.32 Å². The maximum atomic E-state index is 13.9. The van der Waals surface area contributed by atoms with Crippen LogP contribution in [0.1, 0.15) is 11.6 Å². The Morgan fingerprint density at radius 3 is 2.50 bits per heavy atom. The van der Waals surface area contributed by atoms with Crippen molar-refractivity contribution in [3.63, 3.8) is 0 Å². The molecule has 0 spiro atoms. The van der Waals surface area contributed by atoms with E-state index in [1.54, 1.807) is 24.3 Å². The van der Waals surface area contributed by atoms with E-state index >= 15 is 0 Å². The van der Waals surface area contributed by atoms with E-state index in [9.17, 15) is 9.18 Å². The number of carbonyl (C=O) groups is 1. The van der Waals surface area contributed by atoms with Gasteiger partial charge in [0.1, 0.15) is 5.82 Å². The second kappa shape index (κ2) is 6.52. The number of esters is 1. The smallest absolute Gasteiger partial charge is 0.333 e. The first-order chi connectivity index (χ1) is 9.63. The van der Waals surface area contributed by atoms with Crippen LogP contribution in [0, 0.1) is 5.82 Å². The van der Waals surface area contributed by atoms with Crippen LogP contribution in [0.4, 0.5) is 10.1 Å². The minimum absolute atomic E-state index is 0.245. The highest BCUT2D eigenvalue weighted by molar-refractivity contribution is 9.10. The molecule has 0 fully saturated rings. The average molecular weight is 338 g/mol. The molecule has 20 heavy (non-hydrogen) atoms. The van der Waals surface area contributed by atoms with Gasteiger partial charge < -0.3 is 10.1 Å². The van der Waals surface area contributed by atoms with Gasteiger partial charge in [0.25, 0.3) is 0 Å². The van der Waals surface area contributed by atoms with Crippen LogP contribution >= 0.6 is 15.9 Å². The lowest BCUT2D eigenvalue weighted by molar-refractivity contribution is -0.141. The molecule has 1 atom stereocenters. The number of carbonyl (C=O) groups excluding carboxylic acids is 1. The standard InChI is InChI=1S/C15H13BrFNO2/c1-20-15(19)14(10-6-2-4-8-12(10)17)18-13-9-5-3-7-11(13)16/h2-9,14,18H,1H3. The summed E-state index contributed by atoms with van der Waals surface area (Å²) in [5, 5.41) is 2.99. The molecule has 0 aliphatic carbocycles. The van der Waals surface area contributed by atoms with Crippen molar-refractivity contribution >= 4 is 27.6 Å². The molecule has 2 aromatic rings. The van der Waals surface area contributed by atoms with Gasteiger partial charge in [-0.3, -0.25) is 0 Å². The van der Waals surface area contributed by atoms with Crippen molar-refractivity contribution in [1.29, 1.82) is 0 Å². The minimum Gasteiger partial charge on any atom is -0.467 e. The van der Waals surface area contributed by atoms with Crippen molar-refractivity contribution in [3.8, 4) is 0 Å². The van der Waals surface area contributed by atoms with Crippen molar-refractivity contribution in [2.24, 2.45) is 0 Å². The molecule has 1 N–H and O–H groups in total. The van der Waals surface area contributed by atoms with E-state index in [0.717, 1.165) is 4.47 Å². The zero-order valence-corrected chi connectivity index (χ0v) is 12.4. The van der Waals surface area contributed by atoms with Crippen LogP contribution in [0.3, 0.4) is 0 Å². The lowest BCUT2D eigenvalue weighted by Crippen LogP contribution is -2.23. The highest BCUT2D eigenvalue weighted by Crippen LogP contribution is 2.28. The fraction of sp³-hybridized carbons (Fsp3) is 0.133. The van der Waals surface area contributed by atoms with Gasteiger partial charge >= 0.3 is 5.97 Å². The Hall–Kier alpha value is -1.88. The molecule has 2 rings (SSSR count). The molecule has 0 amide bonds. The number of halogens is 2. The summed E-state index contributed by atoms with van der Waals surface area (Å²) in [7, 11) is 1.28. The molecule has 104 valence electrons. The van der Waals surface area contributed by atoms with E-state index in [2.05, 4.69) is 21.2 Å². The van der Waals surface area contributed by atoms with E-state index in [1.807, 2.05) is 18.2 Å². The number of rotatable bonds is 4. The van der Waals surface area contributed by atoms with Crippen molar-refractivity contribution < 1.29 is 13.9 Å². The quantitative estimate of drug-likeness (QED) is 0.859. The van der Waals surface area contributed by atoms with E-state index in [-0.39, 0.29) is 5.56 Å². The summed E-state index contributed by atoms with van der Waals surface area (Å²) in [5.74, 6) is -1.01. The predicted octanol–water partition coefficient (Wildman–Crippen LogP) is 3.91. The number of para-hydroxylation sites is 1. The monoisotopic (exact) mass is 337 g/mol. The van der Waals surface area contributed by atoms with Gasteiger partial charge in [0.15, 0.2) is 6.04 Å². The molecule has 0 heterocycles.